The highest BCUT2D eigenvalue weighted by Crippen LogP contribution is 2.18. The van der Waals surface area contributed by atoms with Gasteiger partial charge in [-0.25, -0.2) is 0 Å². The number of carbonyl (C=O) groups is 1. The van der Waals surface area contributed by atoms with E-state index in [-0.39, 0.29) is 31.0 Å². The number of piperidine rings is 1. The zero-order chi connectivity index (χ0) is 14.4. The van der Waals surface area contributed by atoms with Crippen LogP contribution in [0.2, 0.25) is 0 Å². The van der Waals surface area contributed by atoms with Crippen molar-refractivity contribution in [3.63, 3.8) is 0 Å². The average Bonchev–Trinajstić information content (AvgIpc) is 2.45. The number of ether oxygens (including phenoxy) is 2. The summed E-state index contributed by atoms with van der Waals surface area (Å²) in [6.45, 7) is 3.11. The van der Waals surface area contributed by atoms with Crippen LogP contribution in [-0.4, -0.2) is 38.3 Å². The van der Waals surface area contributed by atoms with Crippen LogP contribution in [-0.2, 0) is 4.79 Å². The predicted octanol–water partition coefficient (Wildman–Crippen LogP) is 1.75. The fourth-order valence-corrected chi connectivity index (χ4v) is 2.37. The summed E-state index contributed by atoms with van der Waals surface area (Å²) in [5, 5.41) is 6.37. The lowest BCUT2D eigenvalue weighted by Gasteiger charge is -2.28. The molecule has 5 nitrogen and oxygen atoms in total. The molecule has 1 aliphatic rings. The molecular weight excluding hydrogens is 292 g/mol. The van der Waals surface area contributed by atoms with E-state index in [1.54, 1.807) is 13.2 Å². The smallest absolute Gasteiger partial charge is 0.258 e. The van der Waals surface area contributed by atoms with Crippen molar-refractivity contribution in [2.75, 3.05) is 20.3 Å². The fourth-order valence-electron chi connectivity index (χ4n) is 2.37. The van der Waals surface area contributed by atoms with Gasteiger partial charge in [0.25, 0.3) is 5.91 Å². The van der Waals surface area contributed by atoms with E-state index in [2.05, 4.69) is 17.6 Å². The zero-order valence-electron chi connectivity index (χ0n) is 12.4. The molecule has 0 aromatic heterocycles. The second kappa shape index (κ2) is 8.74. The fraction of sp³-hybridized carbons (Fsp3) is 0.533. The number of halogens is 1. The molecule has 1 aliphatic heterocycles. The Morgan fingerprint density at radius 1 is 1.43 bits per heavy atom. The minimum atomic E-state index is -0.0769. The minimum absolute atomic E-state index is 0. The van der Waals surface area contributed by atoms with E-state index in [0.29, 0.717) is 11.8 Å². The number of methoxy groups -OCH3 is 1. The van der Waals surface area contributed by atoms with Crippen molar-refractivity contribution in [3.05, 3.63) is 24.3 Å². The first kappa shape index (κ1) is 17.6. The van der Waals surface area contributed by atoms with E-state index in [0.717, 1.165) is 25.1 Å². The highest BCUT2D eigenvalue weighted by Gasteiger charge is 2.19. The Labute approximate surface area is 131 Å². The Morgan fingerprint density at radius 2 is 2.19 bits per heavy atom. The first-order valence-electron chi connectivity index (χ1n) is 6.97. The molecule has 1 saturated heterocycles. The van der Waals surface area contributed by atoms with Gasteiger partial charge in [-0.2, -0.15) is 0 Å². The summed E-state index contributed by atoms with van der Waals surface area (Å²) in [6.07, 6.45) is 1.93. The maximum absolute atomic E-state index is 11.9. The van der Waals surface area contributed by atoms with Crippen LogP contribution in [0.5, 0.6) is 11.5 Å². The van der Waals surface area contributed by atoms with Crippen LogP contribution in [0.1, 0.15) is 19.8 Å². The van der Waals surface area contributed by atoms with E-state index in [4.69, 9.17) is 9.47 Å². The Bertz CT molecular complexity index is 456. The maximum Gasteiger partial charge on any atom is 0.258 e. The normalized spacial score (nSPS) is 21.0. The molecule has 1 aromatic rings. The summed E-state index contributed by atoms with van der Waals surface area (Å²) in [7, 11) is 1.60. The molecule has 1 heterocycles. The van der Waals surface area contributed by atoms with Crippen molar-refractivity contribution in [1.29, 1.82) is 0 Å². The third-order valence-electron chi connectivity index (χ3n) is 3.40. The van der Waals surface area contributed by atoms with Gasteiger partial charge in [-0.05, 0) is 38.4 Å². The summed E-state index contributed by atoms with van der Waals surface area (Å²) in [6, 6.07) is 7.94. The molecule has 118 valence electrons. The molecule has 0 aliphatic carbocycles. The van der Waals surface area contributed by atoms with Crippen molar-refractivity contribution in [1.82, 2.24) is 10.6 Å². The van der Waals surface area contributed by atoms with Crippen LogP contribution in [0.4, 0.5) is 0 Å². The number of hydrogen-bond acceptors (Lipinski definition) is 4. The summed E-state index contributed by atoms with van der Waals surface area (Å²) in [5.74, 6) is 1.28. The Kier molecular flexibility index (Phi) is 7.32. The molecule has 0 saturated carbocycles. The third-order valence-corrected chi connectivity index (χ3v) is 3.40. The van der Waals surface area contributed by atoms with Gasteiger partial charge in [-0.1, -0.05) is 6.07 Å². The molecule has 0 spiro atoms. The summed E-state index contributed by atoms with van der Waals surface area (Å²) < 4.78 is 10.6. The van der Waals surface area contributed by atoms with Crippen LogP contribution < -0.4 is 20.1 Å². The largest absolute Gasteiger partial charge is 0.497 e. The van der Waals surface area contributed by atoms with Gasteiger partial charge < -0.3 is 20.1 Å². The van der Waals surface area contributed by atoms with Gasteiger partial charge in [0.15, 0.2) is 6.61 Å². The first-order chi connectivity index (χ1) is 9.67. The van der Waals surface area contributed by atoms with Crippen molar-refractivity contribution < 1.29 is 14.3 Å². The lowest BCUT2D eigenvalue weighted by Crippen LogP contribution is -2.47. The number of nitrogens with one attached hydrogen (secondary N) is 2. The Hall–Kier alpha value is -1.46. The number of hydrogen-bond donors (Lipinski definition) is 2. The van der Waals surface area contributed by atoms with Crippen LogP contribution in [0.15, 0.2) is 24.3 Å². The van der Waals surface area contributed by atoms with E-state index in [1.165, 1.54) is 0 Å². The molecule has 1 aromatic carbocycles. The van der Waals surface area contributed by atoms with E-state index in [9.17, 15) is 4.79 Å². The lowest BCUT2D eigenvalue weighted by molar-refractivity contribution is -0.124. The quantitative estimate of drug-likeness (QED) is 0.869. The topological polar surface area (TPSA) is 59.6 Å². The van der Waals surface area contributed by atoms with Crippen molar-refractivity contribution in [2.45, 2.75) is 31.8 Å². The van der Waals surface area contributed by atoms with Gasteiger partial charge in [0.05, 0.1) is 7.11 Å². The van der Waals surface area contributed by atoms with Gasteiger partial charge in [0.2, 0.25) is 0 Å². The Balaban J connectivity index is 0.00000220. The molecule has 1 fully saturated rings. The van der Waals surface area contributed by atoms with E-state index in [1.807, 2.05) is 18.2 Å². The Morgan fingerprint density at radius 3 is 2.90 bits per heavy atom. The number of rotatable bonds is 5. The van der Waals surface area contributed by atoms with Crippen LogP contribution in [0.3, 0.4) is 0 Å². The van der Waals surface area contributed by atoms with Crippen molar-refractivity contribution in [2.24, 2.45) is 0 Å². The second-order valence-corrected chi connectivity index (χ2v) is 5.11. The van der Waals surface area contributed by atoms with Crippen LogP contribution in [0, 0.1) is 0 Å². The summed E-state index contributed by atoms with van der Waals surface area (Å²) >= 11 is 0. The molecule has 21 heavy (non-hydrogen) atoms. The molecule has 2 unspecified atom stereocenters. The van der Waals surface area contributed by atoms with Crippen molar-refractivity contribution in [3.8, 4) is 11.5 Å². The third kappa shape index (κ3) is 5.81. The highest BCUT2D eigenvalue weighted by molar-refractivity contribution is 5.85. The summed E-state index contributed by atoms with van der Waals surface area (Å²) in [5.41, 5.74) is 0. The van der Waals surface area contributed by atoms with Gasteiger partial charge in [0, 0.05) is 18.2 Å². The number of amides is 1. The molecule has 2 N–H and O–H groups in total. The molecule has 0 radical (unpaired) electrons. The van der Waals surface area contributed by atoms with Crippen LogP contribution >= 0.6 is 12.4 Å². The van der Waals surface area contributed by atoms with Gasteiger partial charge in [-0.3, -0.25) is 4.79 Å². The van der Waals surface area contributed by atoms with Crippen molar-refractivity contribution >= 4 is 18.3 Å². The molecule has 0 bridgehead atoms. The lowest BCUT2D eigenvalue weighted by atomic mass is 10.0. The van der Waals surface area contributed by atoms with E-state index >= 15 is 0 Å². The maximum atomic E-state index is 11.9. The monoisotopic (exact) mass is 314 g/mol. The second-order valence-electron chi connectivity index (χ2n) is 5.11. The first-order valence-corrected chi connectivity index (χ1v) is 6.97. The minimum Gasteiger partial charge on any atom is -0.497 e. The molecule has 1 amide bonds. The molecular formula is C15H23ClN2O3. The average molecular weight is 315 g/mol. The van der Waals surface area contributed by atoms with Gasteiger partial charge >= 0.3 is 0 Å². The number of benzene rings is 1. The molecule has 2 atom stereocenters. The molecule has 2 rings (SSSR count). The standard InChI is InChI=1S/C15H22N2O3.ClH/c1-11-8-12(6-7-16-11)17-15(18)10-20-14-5-3-4-13(9-14)19-2;/h3-5,9,11-12,16H,6-8,10H2,1-2H3,(H,17,18);1H. The van der Waals surface area contributed by atoms with E-state index < -0.39 is 0 Å². The summed E-state index contributed by atoms with van der Waals surface area (Å²) in [4.78, 5) is 11.9. The zero-order valence-corrected chi connectivity index (χ0v) is 13.2. The number of carbonyl (C=O) groups excluding carboxylic acids is 1. The predicted molar refractivity (Wildman–Crippen MR) is 84.4 cm³/mol. The highest BCUT2D eigenvalue weighted by atomic mass is 35.5. The molecule has 6 heteroatoms. The van der Waals surface area contributed by atoms with Gasteiger partial charge in [-0.15, -0.1) is 12.4 Å². The SMILES string of the molecule is COc1cccc(OCC(=O)NC2CCNC(C)C2)c1.Cl. The van der Waals surface area contributed by atoms with Crippen LogP contribution in [0.25, 0.3) is 0 Å². The van der Waals surface area contributed by atoms with Gasteiger partial charge in [0.1, 0.15) is 11.5 Å².